The van der Waals surface area contributed by atoms with Gasteiger partial charge in [-0.25, -0.2) is 4.39 Å². The van der Waals surface area contributed by atoms with E-state index in [4.69, 9.17) is 5.73 Å². The predicted molar refractivity (Wildman–Crippen MR) is 67.5 cm³/mol. The van der Waals surface area contributed by atoms with Crippen LogP contribution >= 0.6 is 0 Å². The van der Waals surface area contributed by atoms with Crippen molar-refractivity contribution in [1.82, 2.24) is 14.6 Å². The highest BCUT2D eigenvalue weighted by Gasteiger charge is 2.13. The van der Waals surface area contributed by atoms with Crippen molar-refractivity contribution >= 4 is 11.3 Å². The van der Waals surface area contributed by atoms with Crippen molar-refractivity contribution in [3.63, 3.8) is 0 Å². The van der Waals surface area contributed by atoms with Crippen molar-refractivity contribution < 1.29 is 4.39 Å². The molecule has 2 heterocycles. The first-order valence-electron chi connectivity index (χ1n) is 5.52. The Morgan fingerprint density at radius 1 is 1.22 bits per heavy atom. The number of hydrogen-bond acceptors (Lipinski definition) is 3. The van der Waals surface area contributed by atoms with Gasteiger partial charge in [0.05, 0.1) is 11.3 Å². The van der Waals surface area contributed by atoms with Crippen molar-refractivity contribution in [2.24, 2.45) is 0 Å². The molecule has 0 radical (unpaired) electrons. The van der Waals surface area contributed by atoms with Crippen molar-refractivity contribution in [2.45, 2.75) is 6.92 Å². The van der Waals surface area contributed by atoms with Crippen molar-refractivity contribution in [2.75, 3.05) is 5.73 Å². The van der Waals surface area contributed by atoms with Crippen LogP contribution in [0.2, 0.25) is 0 Å². The van der Waals surface area contributed by atoms with Gasteiger partial charge in [0.15, 0.2) is 11.5 Å². The van der Waals surface area contributed by atoms with Gasteiger partial charge in [-0.2, -0.15) is 0 Å². The first-order chi connectivity index (χ1) is 8.66. The van der Waals surface area contributed by atoms with Crippen LogP contribution in [-0.4, -0.2) is 14.6 Å². The molecule has 0 aliphatic rings. The van der Waals surface area contributed by atoms with Gasteiger partial charge in [0.25, 0.3) is 0 Å². The molecule has 0 aliphatic heterocycles. The molecule has 0 spiro atoms. The number of anilines is 1. The summed E-state index contributed by atoms with van der Waals surface area (Å²) in [5.74, 6) is 0.130. The van der Waals surface area contributed by atoms with Gasteiger partial charge in [0.1, 0.15) is 5.82 Å². The molecule has 0 bridgehead atoms. The molecule has 90 valence electrons. The number of nitrogens with zero attached hydrogens (tertiary/aromatic N) is 3. The Bertz CT molecular complexity index is 733. The maximum atomic E-state index is 13.8. The van der Waals surface area contributed by atoms with Crippen LogP contribution in [0.3, 0.4) is 0 Å². The summed E-state index contributed by atoms with van der Waals surface area (Å²) in [6.45, 7) is 1.92. The summed E-state index contributed by atoms with van der Waals surface area (Å²) in [7, 11) is 0. The normalized spacial score (nSPS) is 11.0. The van der Waals surface area contributed by atoms with E-state index in [2.05, 4.69) is 10.2 Å². The van der Waals surface area contributed by atoms with E-state index in [9.17, 15) is 4.39 Å². The Morgan fingerprint density at radius 3 is 2.78 bits per heavy atom. The van der Waals surface area contributed by atoms with E-state index >= 15 is 0 Å². The van der Waals surface area contributed by atoms with Crippen molar-refractivity contribution in [1.29, 1.82) is 0 Å². The van der Waals surface area contributed by atoms with Crippen LogP contribution < -0.4 is 5.73 Å². The van der Waals surface area contributed by atoms with Crippen LogP contribution in [0.1, 0.15) is 5.56 Å². The minimum atomic E-state index is -0.327. The molecule has 1 aromatic carbocycles. The number of nitrogen functional groups attached to an aromatic ring is 1. The third kappa shape index (κ3) is 1.52. The molecule has 4 nitrogen and oxygen atoms in total. The summed E-state index contributed by atoms with van der Waals surface area (Å²) in [5, 5.41) is 8.02. The minimum absolute atomic E-state index is 0.327. The topological polar surface area (TPSA) is 56.2 Å². The Labute approximate surface area is 103 Å². The highest BCUT2D eigenvalue weighted by molar-refractivity contribution is 5.69. The van der Waals surface area contributed by atoms with E-state index in [1.54, 1.807) is 22.6 Å². The summed E-state index contributed by atoms with van der Waals surface area (Å²) in [4.78, 5) is 0. The number of benzene rings is 1. The third-order valence-electron chi connectivity index (χ3n) is 2.78. The Morgan fingerprint density at radius 2 is 2.00 bits per heavy atom. The molecule has 2 aromatic heterocycles. The summed E-state index contributed by atoms with van der Waals surface area (Å²) in [6.07, 6.45) is 1.84. The largest absolute Gasteiger partial charge is 0.396 e. The Balaban J connectivity index is 2.34. The highest BCUT2D eigenvalue weighted by Crippen LogP contribution is 2.24. The lowest BCUT2D eigenvalue weighted by molar-refractivity contribution is 0.629. The molecule has 0 aliphatic carbocycles. The van der Waals surface area contributed by atoms with Gasteiger partial charge in [-0.05, 0) is 30.7 Å². The quantitative estimate of drug-likeness (QED) is 0.713. The van der Waals surface area contributed by atoms with E-state index in [-0.39, 0.29) is 5.82 Å². The average molecular weight is 242 g/mol. The lowest BCUT2D eigenvalue weighted by Crippen LogP contribution is -1.96. The van der Waals surface area contributed by atoms with Gasteiger partial charge in [-0.3, -0.25) is 4.40 Å². The molecule has 3 rings (SSSR count). The fourth-order valence-electron chi connectivity index (χ4n) is 1.99. The molecular formula is C13H11FN4. The number of hydrogen-bond donors (Lipinski definition) is 1. The molecule has 0 amide bonds. The lowest BCUT2D eigenvalue weighted by Gasteiger charge is -2.04. The number of halogens is 1. The van der Waals surface area contributed by atoms with Crippen LogP contribution in [0, 0.1) is 12.7 Å². The van der Waals surface area contributed by atoms with Gasteiger partial charge in [-0.15, -0.1) is 10.2 Å². The van der Waals surface area contributed by atoms with Gasteiger partial charge in [0, 0.05) is 6.20 Å². The van der Waals surface area contributed by atoms with Gasteiger partial charge < -0.3 is 5.73 Å². The minimum Gasteiger partial charge on any atom is -0.396 e. The molecule has 0 saturated heterocycles. The zero-order valence-corrected chi connectivity index (χ0v) is 9.76. The van der Waals surface area contributed by atoms with E-state index in [1.165, 1.54) is 6.07 Å². The molecule has 0 saturated carbocycles. The summed E-state index contributed by atoms with van der Waals surface area (Å²) in [5.41, 5.74) is 8.32. The number of aryl methyl sites for hydroxylation is 1. The highest BCUT2D eigenvalue weighted by atomic mass is 19.1. The number of rotatable bonds is 1. The zero-order chi connectivity index (χ0) is 12.7. The van der Waals surface area contributed by atoms with Crippen molar-refractivity contribution in [3.8, 4) is 11.4 Å². The van der Waals surface area contributed by atoms with E-state index in [0.717, 1.165) is 5.56 Å². The number of pyridine rings is 1. The number of aromatic nitrogens is 3. The van der Waals surface area contributed by atoms with Gasteiger partial charge in [-0.1, -0.05) is 12.1 Å². The fraction of sp³-hybridized carbons (Fsp3) is 0.0769. The average Bonchev–Trinajstić information content (AvgIpc) is 2.73. The van der Waals surface area contributed by atoms with Gasteiger partial charge in [0.2, 0.25) is 0 Å². The van der Waals surface area contributed by atoms with Crippen LogP contribution in [0.15, 0.2) is 36.5 Å². The second-order valence-corrected chi connectivity index (χ2v) is 4.17. The van der Waals surface area contributed by atoms with E-state index < -0.39 is 0 Å². The second-order valence-electron chi connectivity index (χ2n) is 4.17. The maximum Gasteiger partial charge on any atom is 0.184 e. The van der Waals surface area contributed by atoms with E-state index in [0.29, 0.717) is 22.7 Å². The van der Waals surface area contributed by atoms with Crippen molar-refractivity contribution in [3.05, 3.63) is 47.9 Å². The molecule has 5 heteroatoms. The molecule has 2 N–H and O–H groups in total. The maximum absolute atomic E-state index is 13.8. The molecular weight excluding hydrogens is 231 g/mol. The first-order valence-corrected chi connectivity index (χ1v) is 5.52. The van der Waals surface area contributed by atoms with Crippen LogP contribution in [0.4, 0.5) is 10.1 Å². The predicted octanol–water partition coefficient (Wildman–Crippen LogP) is 2.43. The molecule has 0 fully saturated rings. The summed E-state index contributed by atoms with van der Waals surface area (Å²) in [6, 6.07) is 8.29. The third-order valence-corrected chi connectivity index (χ3v) is 2.78. The number of fused-ring (bicyclic) bond motifs is 1. The van der Waals surface area contributed by atoms with E-state index in [1.807, 2.05) is 19.2 Å². The van der Waals surface area contributed by atoms with Gasteiger partial charge >= 0.3 is 0 Å². The summed E-state index contributed by atoms with van der Waals surface area (Å²) < 4.78 is 15.5. The Hall–Kier alpha value is -2.43. The molecule has 0 unspecified atom stereocenters. The fourth-order valence-corrected chi connectivity index (χ4v) is 1.99. The van der Waals surface area contributed by atoms with Crippen LogP contribution in [-0.2, 0) is 0 Å². The zero-order valence-electron chi connectivity index (χ0n) is 9.76. The lowest BCUT2D eigenvalue weighted by atomic mass is 10.2. The SMILES string of the molecule is Cc1cc(N)c2nnc(-c3ccccc3F)n2c1. The molecule has 0 atom stereocenters. The smallest absolute Gasteiger partial charge is 0.184 e. The first kappa shape index (κ1) is 10.7. The Kier molecular flexibility index (Phi) is 2.26. The standard InChI is InChI=1S/C13H11FN4/c1-8-6-11(15)13-17-16-12(18(13)7-8)9-4-2-3-5-10(9)14/h2-7H,15H2,1H3. The molecule has 18 heavy (non-hydrogen) atoms. The second kappa shape index (κ2) is 3.80. The van der Waals surface area contributed by atoms with Crippen LogP contribution in [0.5, 0.6) is 0 Å². The van der Waals surface area contributed by atoms with Crippen LogP contribution in [0.25, 0.3) is 17.0 Å². The number of nitrogens with two attached hydrogens (primary N) is 1. The molecule has 3 aromatic rings. The summed E-state index contributed by atoms with van der Waals surface area (Å²) >= 11 is 0. The monoisotopic (exact) mass is 242 g/mol.